The van der Waals surface area contributed by atoms with Crippen LogP contribution in [0.25, 0.3) is 0 Å². The minimum Gasteiger partial charge on any atom is -0.490 e. The van der Waals surface area contributed by atoms with Crippen LogP contribution in [0.15, 0.2) is 48.5 Å². The zero-order chi connectivity index (χ0) is 13.9. The predicted molar refractivity (Wildman–Crippen MR) is 74.8 cm³/mol. The van der Waals surface area contributed by atoms with E-state index in [0.29, 0.717) is 30.0 Å². The van der Waals surface area contributed by atoms with E-state index in [4.69, 9.17) is 10.00 Å². The third-order valence-electron chi connectivity index (χ3n) is 3.21. The summed E-state index contributed by atoms with van der Waals surface area (Å²) in [5.74, 6) is 0.599. The quantitative estimate of drug-likeness (QED) is 0.795. The summed E-state index contributed by atoms with van der Waals surface area (Å²) in [6.07, 6.45) is 0. The van der Waals surface area contributed by atoms with Crippen molar-refractivity contribution in [3.8, 4) is 11.8 Å². The van der Waals surface area contributed by atoms with Crippen molar-refractivity contribution < 1.29 is 9.53 Å². The van der Waals surface area contributed by atoms with Gasteiger partial charge in [-0.25, -0.2) is 0 Å². The minimum atomic E-state index is -0.113. The van der Waals surface area contributed by atoms with Crippen LogP contribution in [0.4, 0.5) is 5.69 Å². The average Bonchev–Trinajstić information content (AvgIpc) is 2.53. The van der Waals surface area contributed by atoms with Crippen molar-refractivity contribution in [2.75, 3.05) is 18.1 Å². The van der Waals surface area contributed by atoms with E-state index < -0.39 is 0 Å². The van der Waals surface area contributed by atoms with E-state index in [1.807, 2.05) is 30.3 Å². The molecule has 2 aromatic carbocycles. The minimum absolute atomic E-state index is 0.113. The number of rotatable bonds is 1. The van der Waals surface area contributed by atoms with Gasteiger partial charge in [0, 0.05) is 5.56 Å². The molecule has 0 saturated heterocycles. The summed E-state index contributed by atoms with van der Waals surface area (Å²) in [4.78, 5) is 14.3. The van der Waals surface area contributed by atoms with Gasteiger partial charge in [-0.3, -0.25) is 4.79 Å². The largest absolute Gasteiger partial charge is 0.490 e. The summed E-state index contributed by atoms with van der Waals surface area (Å²) >= 11 is 0. The number of nitriles is 1. The third-order valence-corrected chi connectivity index (χ3v) is 3.21. The van der Waals surface area contributed by atoms with Crippen LogP contribution in [0.3, 0.4) is 0 Å². The van der Waals surface area contributed by atoms with Crippen molar-refractivity contribution in [3.63, 3.8) is 0 Å². The molecule has 0 radical (unpaired) electrons. The van der Waals surface area contributed by atoms with Gasteiger partial charge in [-0.05, 0) is 30.3 Å². The maximum absolute atomic E-state index is 12.6. The molecule has 0 saturated carbocycles. The Morgan fingerprint density at radius 2 is 2.05 bits per heavy atom. The molecule has 4 nitrogen and oxygen atoms in total. The van der Waals surface area contributed by atoms with Gasteiger partial charge in [0.1, 0.15) is 12.4 Å². The molecular weight excluding hydrogens is 252 g/mol. The molecule has 0 aliphatic carbocycles. The lowest BCUT2D eigenvalue weighted by atomic mass is 10.1. The first-order chi connectivity index (χ1) is 9.79. The Hall–Kier alpha value is -2.80. The molecule has 0 N–H and O–H groups in total. The summed E-state index contributed by atoms with van der Waals surface area (Å²) in [6, 6.07) is 16.3. The number of carbonyl (C=O) groups excluding carboxylic acids is 1. The lowest BCUT2D eigenvalue weighted by molar-refractivity contribution is 0.0976. The van der Waals surface area contributed by atoms with Crippen molar-refractivity contribution in [2.45, 2.75) is 0 Å². The Labute approximate surface area is 116 Å². The molecule has 1 aliphatic heterocycles. The number of hydrogen-bond acceptors (Lipinski definition) is 3. The molecule has 0 spiro atoms. The number of benzene rings is 2. The zero-order valence-corrected chi connectivity index (χ0v) is 10.7. The second kappa shape index (κ2) is 5.06. The van der Waals surface area contributed by atoms with Crippen LogP contribution in [0.1, 0.15) is 15.9 Å². The van der Waals surface area contributed by atoms with Gasteiger partial charge in [0.15, 0.2) is 0 Å². The van der Waals surface area contributed by atoms with Gasteiger partial charge >= 0.3 is 0 Å². The predicted octanol–water partition coefficient (Wildman–Crippen LogP) is 2.60. The molecular formula is C16H12N2O2. The van der Waals surface area contributed by atoms with Crippen molar-refractivity contribution in [2.24, 2.45) is 0 Å². The number of fused-ring (bicyclic) bond motifs is 1. The van der Waals surface area contributed by atoms with Crippen LogP contribution >= 0.6 is 0 Å². The molecule has 4 heteroatoms. The highest BCUT2D eigenvalue weighted by atomic mass is 16.5. The summed E-state index contributed by atoms with van der Waals surface area (Å²) in [5.41, 5.74) is 1.77. The molecule has 1 amide bonds. The molecule has 1 aliphatic rings. The van der Waals surface area contributed by atoms with Crippen LogP contribution in [-0.4, -0.2) is 19.1 Å². The van der Waals surface area contributed by atoms with Gasteiger partial charge in [-0.1, -0.05) is 18.2 Å². The van der Waals surface area contributed by atoms with Gasteiger partial charge < -0.3 is 9.64 Å². The van der Waals surface area contributed by atoms with E-state index in [1.54, 1.807) is 29.2 Å². The Balaban J connectivity index is 1.98. The summed E-state index contributed by atoms with van der Waals surface area (Å²) in [7, 11) is 0. The van der Waals surface area contributed by atoms with Crippen LogP contribution in [0.5, 0.6) is 5.75 Å². The first-order valence-electron chi connectivity index (χ1n) is 6.33. The molecule has 20 heavy (non-hydrogen) atoms. The van der Waals surface area contributed by atoms with Crippen molar-refractivity contribution >= 4 is 11.6 Å². The standard InChI is InChI=1S/C16H12N2O2/c17-11-12-4-3-5-13(10-12)16(19)18-8-9-20-15-7-2-1-6-14(15)18/h1-7,10H,8-9H2. The van der Waals surface area contributed by atoms with Crippen LogP contribution < -0.4 is 9.64 Å². The summed E-state index contributed by atoms with van der Waals surface area (Å²) < 4.78 is 5.54. The van der Waals surface area contributed by atoms with Gasteiger partial charge in [0.25, 0.3) is 5.91 Å². The molecule has 0 aromatic heterocycles. The highest BCUT2D eigenvalue weighted by Gasteiger charge is 2.24. The number of anilines is 1. The van der Waals surface area contributed by atoms with Gasteiger partial charge in [-0.15, -0.1) is 0 Å². The molecule has 0 fully saturated rings. The third kappa shape index (κ3) is 2.10. The van der Waals surface area contributed by atoms with E-state index in [0.717, 1.165) is 5.69 Å². The van der Waals surface area contributed by atoms with Gasteiger partial charge in [0.05, 0.1) is 23.9 Å². The average molecular weight is 264 g/mol. The molecule has 3 rings (SSSR count). The number of ether oxygens (including phenoxy) is 1. The SMILES string of the molecule is N#Cc1cccc(C(=O)N2CCOc3ccccc32)c1. The van der Waals surface area contributed by atoms with Crippen LogP contribution in [0, 0.1) is 11.3 Å². The molecule has 2 aromatic rings. The Kier molecular flexibility index (Phi) is 3.10. The fourth-order valence-corrected chi connectivity index (χ4v) is 2.26. The molecule has 98 valence electrons. The van der Waals surface area contributed by atoms with Crippen molar-refractivity contribution in [1.82, 2.24) is 0 Å². The fraction of sp³-hybridized carbons (Fsp3) is 0.125. The maximum Gasteiger partial charge on any atom is 0.258 e. The Morgan fingerprint density at radius 3 is 2.90 bits per heavy atom. The number of carbonyl (C=O) groups is 1. The van der Waals surface area contributed by atoms with E-state index in [-0.39, 0.29) is 5.91 Å². The lowest BCUT2D eigenvalue weighted by Gasteiger charge is -2.29. The molecule has 1 heterocycles. The topological polar surface area (TPSA) is 53.3 Å². The van der Waals surface area contributed by atoms with Gasteiger partial charge in [-0.2, -0.15) is 5.26 Å². The molecule has 0 unspecified atom stereocenters. The Bertz CT molecular complexity index is 704. The second-order valence-corrected chi connectivity index (χ2v) is 4.47. The van der Waals surface area contributed by atoms with E-state index in [1.165, 1.54) is 0 Å². The van der Waals surface area contributed by atoms with Crippen molar-refractivity contribution in [1.29, 1.82) is 5.26 Å². The van der Waals surface area contributed by atoms with Gasteiger partial charge in [0.2, 0.25) is 0 Å². The lowest BCUT2D eigenvalue weighted by Crippen LogP contribution is -2.37. The number of para-hydroxylation sites is 2. The monoisotopic (exact) mass is 264 g/mol. The second-order valence-electron chi connectivity index (χ2n) is 4.47. The van der Waals surface area contributed by atoms with Crippen molar-refractivity contribution in [3.05, 3.63) is 59.7 Å². The summed E-state index contributed by atoms with van der Waals surface area (Å²) in [5, 5.41) is 8.92. The van der Waals surface area contributed by atoms with Crippen LogP contribution in [0.2, 0.25) is 0 Å². The normalized spacial score (nSPS) is 13.1. The van der Waals surface area contributed by atoms with Crippen LogP contribution in [-0.2, 0) is 0 Å². The Morgan fingerprint density at radius 1 is 1.20 bits per heavy atom. The number of hydrogen-bond donors (Lipinski definition) is 0. The highest BCUT2D eigenvalue weighted by molar-refractivity contribution is 6.07. The smallest absolute Gasteiger partial charge is 0.258 e. The maximum atomic E-state index is 12.6. The zero-order valence-electron chi connectivity index (χ0n) is 10.7. The molecule has 0 atom stereocenters. The molecule has 0 bridgehead atoms. The highest BCUT2D eigenvalue weighted by Crippen LogP contribution is 2.31. The number of nitrogens with zero attached hydrogens (tertiary/aromatic N) is 2. The van der Waals surface area contributed by atoms with E-state index in [2.05, 4.69) is 0 Å². The summed E-state index contributed by atoms with van der Waals surface area (Å²) in [6.45, 7) is 0.979. The van der Waals surface area contributed by atoms with E-state index >= 15 is 0 Å². The fourth-order valence-electron chi connectivity index (χ4n) is 2.26. The number of amides is 1. The first kappa shape index (κ1) is 12.2. The first-order valence-corrected chi connectivity index (χ1v) is 6.33. The van der Waals surface area contributed by atoms with E-state index in [9.17, 15) is 4.79 Å².